The maximum absolute atomic E-state index is 6.59. The van der Waals surface area contributed by atoms with Crippen LogP contribution in [0.3, 0.4) is 0 Å². The van der Waals surface area contributed by atoms with Crippen molar-refractivity contribution >= 4 is 16.8 Å². The minimum Gasteiger partial charge on any atom is -0.473 e. The van der Waals surface area contributed by atoms with Crippen LogP contribution in [0.5, 0.6) is 0 Å². The van der Waals surface area contributed by atoms with Crippen molar-refractivity contribution in [3.8, 4) is 0 Å². The molecular formula is C26H32N6O3. The summed E-state index contributed by atoms with van der Waals surface area (Å²) in [4.78, 5) is 8.34. The van der Waals surface area contributed by atoms with Crippen molar-refractivity contribution in [1.82, 2.24) is 20.4 Å². The van der Waals surface area contributed by atoms with Crippen LogP contribution in [0.4, 0.5) is 0 Å². The molecule has 0 fully saturated rings. The molecule has 0 saturated heterocycles. The SMILES string of the molecule is CCOCCOCCC(N=C(OCc1ccccc1)c1c[nH]c2ccccc12)C(N)c1cn[nH]n1. The van der Waals surface area contributed by atoms with Gasteiger partial charge in [0.2, 0.25) is 5.90 Å². The van der Waals surface area contributed by atoms with E-state index in [9.17, 15) is 0 Å². The van der Waals surface area contributed by atoms with Crippen LogP contribution < -0.4 is 5.73 Å². The van der Waals surface area contributed by atoms with Gasteiger partial charge in [-0.1, -0.05) is 48.5 Å². The van der Waals surface area contributed by atoms with Gasteiger partial charge in [-0.3, -0.25) is 0 Å². The number of nitrogens with one attached hydrogen (secondary N) is 2. The summed E-state index contributed by atoms with van der Waals surface area (Å²) in [5.41, 5.74) is 10.2. The van der Waals surface area contributed by atoms with E-state index in [1.807, 2.05) is 67.7 Å². The first-order valence-electron chi connectivity index (χ1n) is 11.8. The first kappa shape index (κ1) is 24.6. The number of aromatic nitrogens is 4. The minimum absolute atomic E-state index is 0.341. The van der Waals surface area contributed by atoms with Gasteiger partial charge < -0.3 is 24.9 Å². The standard InChI is InChI=1S/C26H32N6O3/c1-2-33-14-15-34-13-12-23(25(27)24-17-29-32-31-24)30-26(35-18-19-8-4-3-5-9-19)21-16-28-22-11-7-6-10-20(21)22/h3-11,16-17,23,25,28H,2,12-15,18,27H2,1H3,(H,29,31,32). The predicted molar refractivity (Wildman–Crippen MR) is 135 cm³/mol. The van der Waals surface area contributed by atoms with E-state index in [2.05, 4.69) is 20.4 Å². The minimum atomic E-state index is -0.482. The third kappa shape index (κ3) is 6.75. The Kier molecular flexibility index (Phi) is 8.99. The molecule has 9 heteroatoms. The van der Waals surface area contributed by atoms with Gasteiger partial charge in [-0.2, -0.15) is 15.4 Å². The zero-order valence-electron chi connectivity index (χ0n) is 19.9. The van der Waals surface area contributed by atoms with Crippen LogP contribution in [-0.2, 0) is 20.8 Å². The van der Waals surface area contributed by atoms with E-state index in [0.717, 1.165) is 22.0 Å². The summed E-state index contributed by atoms with van der Waals surface area (Å²) in [6, 6.07) is 17.3. The lowest BCUT2D eigenvalue weighted by molar-refractivity contribution is 0.0495. The lowest BCUT2D eigenvalue weighted by atomic mass is 10.0. The number of aromatic amines is 2. The Balaban J connectivity index is 1.61. The van der Waals surface area contributed by atoms with Gasteiger partial charge >= 0.3 is 0 Å². The van der Waals surface area contributed by atoms with E-state index in [1.165, 1.54) is 0 Å². The van der Waals surface area contributed by atoms with Crippen LogP contribution in [-0.4, -0.2) is 58.8 Å². The molecule has 0 saturated carbocycles. The summed E-state index contributed by atoms with van der Waals surface area (Å²) >= 11 is 0. The Bertz CT molecular complexity index is 1180. The number of ether oxygens (including phenoxy) is 3. The molecule has 2 unspecified atom stereocenters. The molecule has 0 bridgehead atoms. The van der Waals surface area contributed by atoms with Crippen molar-refractivity contribution in [2.75, 3.05) is 26.4 Å². The van der Waals surface area contributed by atoms with Gasteiger partial charge in [0.25, 0.3) is 0 Å². The topological polar surface area (TPSA) is 123 Å². The van der Waals surface area contributed by atoms with Crippen molar-refractivity contribution in [3.05, 3.63) is 83.8 Å². The van der Waals surface area contributed by atoms with Gasteiger partial charge in [0.05, 0.1) is 37.1 Å². The highest BCUT2D eigenvalue weighted by molar-refractivity contribution is 6.06. The summed E-state index contributed by atoms with van der Waals surface area (Å²) in [7, 11) is 0. The summed E-state index contributed by atoms with van der Waals surface area (Å²) in [5, 5.41) is 11.8. The molecular weight excluding hydrogens is 444 g/mol. The fourth-order valence-electron chi connectivity index (χ4n) is 3.77. The summed E-state index contributed by atoms with van der Waals surface area (Å²) in [5.74, 6) is 0.518. The molecule has 0 aliphatic carbocycles. The largest absolute Gasteiger partial charge is 0.473 e. The second kappa shape index (κ2) is 12.8. The smallest absolute Gasteiger partial charge is 0.218 e. The highest BCUT2D eigenvalue weighted by Gasteiger charge is 2.24. The molecule has 0 aliphatic rings. The number of fused-ring (bicyclic) bond motifs is 1. The van der Waals surface area contributed by atoms with Crippen molar-refractivity contribution in [2.24, 2.45) is 10.7 Å². The number of rotatable bonds is 13. The molecule has 35 heavy (non-hydrogen) atoms. The number of para-hydroxylation sites is 1. The number of nitrogens with two attached hydrogens (primary N) is 1. The molecule has 2 heterocycles. The second-order valence-corrected chi connectivity index (χ2v) is 8.04. The lowest BCUT2D eigenvalue weighted by Crippen LogP contribution is -2.28. The molecule has 2 aromatic carbocycles. The van der Waals surface area contributed by atoms with Gasteiger partial charge in [0.1, 0.15) is 12.3 Å². The summed E-state index contributed by atoms with van der Waals surface area (Å²) in [6.07, 6.45) is 4.13. The highest BCUT2D eigenvalue weighted by atomic mass is 16.5. The quantitative estimate of drug-likeness (QED) is 0.153. The third-order valence-electron chi connectivity index (χ3n) is 5.64. The zero-order chi connectivity index (χ0) is 24.3. The Morgan fingerprint density at radius 3 is 2.63 bits per heavy atom. The Labute approximate surface area is 204 Å². The van der Waals surface area contributed by atoms with Crippen molar-refractivity contribution in [3.63, 3.8) is 0 Å². The Morgan fingerprint density at radius 2 is 1.83 bits per heavy atom. The number of aliphatic imine (C=N–C) groups is 1. The van der Waals surface area contributed by atoms with E-state index in [0.29, 0.717) is 51.0 Å². The molecule has 4 rings (SSSR count). The molecule has 9 nitrogen and oxygen atoms in total. The highest BCUT2D eigenvalue weighted by Crippen LogP contribution is 2.23. The first-order valence-corrected chi connectivity index (χ1v) is 11.8. The fraction of sp³-hybridized carbons (Fsp3) is 0.346. The first-order chi connectivity index (χ1) is 17.3. The van der Waals surface area contributed by atoms with E-state index < -0.39 is 6.04 Å². The van der Waals surface area contributed by atoms with E-state index >= 15 is 0 Å². The molecule has 0 aliphatic heterocycles. The molecule has 2 atom stereocenters. The molecule has 4 N–H and O–H groups in total. The third-order valence-corrected chi connectivity index (χ3v) is 5.64. The molecule has 4 aromatic rings. The predicted octanol–water partition coefficient (Wildman–Crippen LogP) is 3.76. The Morgan fingerprint density at radius 1 is 1.03 bits per heavy atom. The van der Waals surface area contributed by atoms with Gasteiger partial charge in [-0.05, 0) is 25.0 Å². The molecule has 0 radical (unpaired) electrons. The number of nitrogens with zero attached hydrogens (tertiary/aromatic N) is 3. The van der Waals surface area contributed by atoms with Crippen LogP contribution in [0, 0.1) is 0 Å². The summed E-state index contributed by atoms with van der Waals surface area (Å²) in [6.45, 7) is 4.57. The van der Waals surface area contributed by atoms with Crippen LogP contribution in [0.1, 0.15) is 36.2 Å². The average Bonchev–Trinajstić information content (AvgIpc) is 3.58. The number of hydrogen-bond acceptors (Lipinski definition) is 7. The fourth-order valence-corrected chi connectivity index (χ4v) is 3.77. The van der Waals surface area contributed by atoms with E-state index in [1.54, 1.807) is 6.20 Å². The monoisotopic (exact) mass is 476 g/mol. The number of H-pyrrole nitrogens is 2. The van der Waals surface area contributed by atoms with Gasteiger partial charge in [0.15, 0.2) is 0 Å². The van der Waals surface area contributed by atoms with Crippen LogP contribution in [0.2, 0.25) is 0 Å². The van der Waals surface area contributed by atoms with Gasteiger partial charge in [-0.15, -0.1) is 0 Å². The van der Waals surface area contributed by atoms with Gasteiger partial charge in [0, 0.05) is 30.3 Å². The normalized spacial score (nSPS) is 13.7. The zero-order valence-corrected chi connectivity index (χ0v) is 19.9. The van der Waals surface area contributed by atoms with Crippen molar-refractivity contribution < 1.29 is 14.2 Å². The number of benzene rings is 2. The maximum Gasteiger partial charge on any atom is 0.218 e. The molecule has 0 amide bonds. The van der Waals surface area contributed by atoms with E-state index in [4.69, 9.17) is 24.9 Å². The van der Waals surface area contributed by atoms with Crippen LogP contribution >= 0.6 is 0 Å². The van der Waals surface area contributed by atoms with Gasteiger partial charge in [-0.25, -0.2) is 4.99 Å². The summed E-state index contributed by atoms with van der Waals surface area (Å²) < 4.78 is 17.4. The van der Waals surface area contributed by atoms with Crippen molar-refractivity contribution in [1.29, 1.82) is 0 Å². The second-order valence-electron chi connectivity index (χ2n) is 8.04. The molecule has 184 valence electrons. The maximum atomic E-state index is 6.59. The van der Waals surface area contributed by atoms with Crippen molar-refractivity contribution in [2.45, 2.75) is 32.0 Å². The Hall–Kier alpha value is -3.53. The van der Waals surface area contributed by atoms with Crippen LogP contribution in [0.15, 0.2) is 72.0 Å². The van der Waals surface area contributed by atoms with Crippen LogP contribution in [0.25, 0.3) is 10.9 Å². The average molecular weight is 477 g/mol. The molecule has 0 spiro atoms. The lowest BCUT2D eigenvalue weighted by Gasteiger charge is -2.20. The molecule has 2 aromatic heterocycles. The van der Waals surface area contributed by atoms with E-state index in [-0.39, 0.29) is 6.04 Å². The number of hydrogen-bond donors (Lipinski definition) is 3.